The van der Waals surface area contributed by atoms with E-state index in [9.17, 15) is 4.79 Å². The average molecular weight is 443 g/mol. The second-order valence-corrected chi connectivity index (χ2v) is 7.63. The van der Waals surface area contributed by atoms with Gasteiger partial charge in [-0.2, -0.15) is 0 Å². The van der Waals surface area contributed by atoms with Gasteiger partial charge < -0.3 is 0 Å². The van der Waals surface area contributed by atoms with Crippen molar-refractivity contribution in [1.82, 2.24) is 4.90 Å². The summed E-state index contributed by atoms with van der Waals surface area (Å²) in [6, 6.07) is 3.87. The zero-order valence-corrected chi connectivity index (χ0v) is 16.9. The van der Waals surface area contributed by atoms with Crippen LogP contribution in [-0.2, 0) is 8.98 Å². The van der Waals surface area contributed by atoms with E-state index in [0.717, 1.165) is 37.0 Å². The summed E-state index contributed by atoms with van der Waals surface area (Å²) in [5.41, 5.74) is 1.82. The molecule has 1 atom stereocenters. The van der Waals surface area contributed by atoms with Gasteiger partial charge in [0.15, 0.2) is 0 Å². The molecule has 1 unspecified atom stereocenters. The van der Waals surface area contributed by atoms with Crippen LogP contribution in [0, 0.1) is 6.92 Å². The molecule has 23 heavy (non-hydrogen) atoms. The quantitative estimate of drug-likeness (QED) is 0.167. The third-order valence-corrected chi connectivity index (χ3v) is 6.26. The molecular formula is C15H20N2O4SSn. The van der Waals surface area contributed by atoms with Gasteiger partial charge in [0.1, 0.15) is 0 Å². The number of methoxy groups -OCH3 is 1. The van der Waals surface area contributed by atoms with Gasteiger partial charge in [-0.1, -0.05) is 0 Å². The number of likely N-dealkylation sites (tertiary alicyclic amines) is 1. The maximum atomic E-state index is 11.0. The molecule has 0 spiro atoms. The van der Waals surface area contributed by atoms with Gasteiger partial charge in [-0.05, 0) is 0 Å². The summed E-state index contributed by atoms with van der Waals surface area (Å²) < 4.78 is 16.5. The van der Waals surface area contributed by atoms with Crippen LogP contribution in [-0.4, -0.2) is 63.4 Å². The van der Waals surface area contributed by atoms with Crippen LogP contribution in [0.25, 0.3) is 0 Å². The summed E-state index contributed by atoms with van der Waals surface area (Å²) in [6.45, 7) is 2.77. The molecule has 1 aromatic rings. The van der Waals surface area contributed by atoms with Gasteiger partial charge in [-0.25, -0.2) is 0 Å². The third kappa shape index (κ3) is 5.02. The molecule has 124 valence electrons. The molecule has 0 N–H and O–H groups in total. The molecular weight excluding hydrogens is 423 g/mol. The molecule has 1 aliphatic rings. The van der Waals surface area contributed by atoms with E-state index in [4.69, 9.17) is 12.0 Å². The SMILES string of the molecule is COc1cc(C)c(N=CC2CCCN2C=O)cc1[O][Sn][CH2]OS. The number of ether oxygens (including phenoxy) is 1. The Morgan fingerprint density at radius 3 is 3.00 bits per heavy atom. The van der Waals surface area contributed by atoms with Crippen molar-refractivity contribution in [2.45, 2.75) is 25.8 Å². The van der Waals surface area contributed by atoms with E-state index in [1.54, 1.807) is 12.0 Å². The van der Waals surface area contributed by atoms with Crippen molar-refractivity contribution in [1.29, 1.82) is 0 Å². The van der Waals surface area contributed by atoms with Crippen LogP contribution in [0.15, 0.2) is 17.1 Å². The number of carbonyl (C=O) groups excluding carboxylic acids is 1. The number of carbonyl (C=O) groups is 1. The molecule has 0 aromatic heterocycles. The summed E-state index contributed by atoms with van der Waals surface area (Å²) >= 11 is 2.58. The van der Waals surface area contributed by atoms with Crippen LogP contribution in [0.4, 0.5) is 5.69 Å². The summed E-state index contributed by atoms with van der Waals surface area (Å²) in [5, 5.41) is 0. The van der Waals surface area contributed by atoms with E-state index < -0.39 is 21.6 Å². The fourth-order valence-electron chi connectivity index (χ4n) is 2.43. The molecule has 1 aliphatic heterocycles. The summed E-state index contributed by atoms with van der Waals surface area (Å²) in [6.07, 6.45) is 4.71. The van der Waals surface area contributed by atoms with Crippen LogP contribution < -0.4 is 7.81 Å². The van der Waals surface area contributed by atoms with Crippen LogP contribution >= 0.6 is 12.9 Å². The van der Waals surface area contributed by atoms with Gasteiger partial charge in [0.2, 0.25) is 0 Å². The van der Waals surface area contributed by atoms with Gasteiger partial charge in [0.25, 0.3) is 0 Å². The Morgan fingerprint density at radius 2 is 2.30 bits per heavy atom. The van der Waals surface area contributed by atoms with Crippen molar-refractivity contribution in [2.75, 3.05) is 18.3 Å². The molecule has 1 heterocycles. The number of thiol groups is 1. The van der Waals surface area contributed by atoms with E-state index >= 15 is 0 Å². The number of hydrogen-bond acceptors (Lipinski definition) is 6. The van der Waals surface area contributed by atoms with Gasteiger partial charge in [0.05, 0.1) is 0 Å². The van der Waals surface area contributed by atoms with Crippen molar-refractivity contribution >= 4 is 52.8 Å². The third-order valence-electron chi connectivity index (χ3n) is 3.65. The molecule has 2 rings (SSSR count). The molecule has 0 bridgehead atoms. The summed E-state index contributed by atoms with van der Waals surface area (Å²) in [7, 11) is 1.62. The molecule has 1 amide bonds. The number of nitrogens with zero attached hydrogens (tertiary/aromatic N) is 2. The number of benzene rings is 1. The summed E-state index contributed by atoms with van der Waals surface area (Å²) in [5.74, 6) is 1.37. The summed E-state index contributed by atoms with van der Waals surface area (Å²) in [4.78, 5) is 17.3. The van der Waals surface area contributed by atoms with Crippen LogP contribution in [0.2, 0.25) is 0 Å². The first-order valence-electron chi connectivity index (χ1n) is 7.29. The topological polar surface area (TPSA) is 60.4 Å². The predicted molar refractivity (Wildman–Crippen MR) is 93.0 cm³/mol. The Bertz CT molecular complexity index is 571. The molecule has 1 saturated heterocycles. The Labute approximate surface area is 152 Å². The molecule has 0 aliphatic carbocycles. The number of hydrogen-bond donors (Lipinski definition) is 1. The minimum atomic E-state index is -1.15. The second kappa shape index (κ2) is 9.39. The van der Waals surface area contributed by atoms with Crippen LogP contribution in [0.3, 0.4) is 0 Å². The van der Waals surface area contributed by atoms with Crippen molar-refractivity contribution in [3.63, 3.8) is 0 Å². The van der Waals surface area contributed by atoms with E-state index in [2.05, 4.69) is 17.9 Å². The number of aryl methyl sites for hydroxylation is 1. The molecule has 2 radical (unpaired) electrons. The first kappa shape index (κ1) is 18.4. The second-order valence-electron chi connectivity index (χ2n) is 5.14. The van der Waals surface area contributed by atoms with Gasteiger partial charge in [0, 0.05) is 0 Å². The Hall–Kier alpha value is -0.931. The van der Waals surface area contributed by atoms with Crippen LogP contribution in [0.1, 0.15) is 18.4 Å². The Kier molecular flexibility index (Phi) is 7.51. The monoisotopic (exact) mass is 444 g/mol. The molecule has 8 heteroatoms. The average Bonchev–Trinajstić information content (AvgIpc) is 3.02. The number of rotatable bonds is 8. The standard InChI is InChI=1S/C14H18N2O3.CH3OS.Sn/c1-10-6-14(19-2)13(18)7-12(10)15-8-11-4-3-5-16(11)9-17;1-2-3;/h6-9,11,18H,3-5H2,1-2H3;3H,1H2;/q;;+1/p-1. The van der Waals surface area contributed by atoms with Gasteiger partial charge in [-0.3, -0.25) is 0 Å². The van der Waals surface area contributed by atoms with Crippen molar-refractivity contribution in [3.05, 3.63) is 17.7 Å². The van der Waals surface area contributed by atoms with E-state index in [1.807, 2.05) is 25.3 Å². The molecule has 6 nitrogen and oxygen atoms in total. The number of aliphatic imine (C=N–C) groups is 1. The van der Waals surface area contributed by atoms with Crippen LogP contribution in [0.5, 0.6) is 11.5 Å². The van der Waals surface area contributed by atoms with E-state index in [0.29, 0.717) is 16.1 Å². The van der Waals surface area contributed by atoms with Gasteiger partial charge >= 0.3 is 153 Å². The first-order valence-corrected chi connectivity index (χ1v) is 10.8. The molecule has 1 aromatic carbocycles. The number of amides is 1. The fourth-order valence-corrected chi connectivity index (χ4v) is 4.01. The zero-order chi connectivity index (χ0) is 16.7. The van der Waals surface area contributed by atoms with E-state index in [-0.39, 0.29) is 6.04 Å². The molecule has 0 saturated carbocycles. The zero-order valence-electron chi connectivity index (χ0n) is 13.2. The van der Waals surface area contributed by atoms with Crippen molar-refractivity contribution in [3.8, 4) is 11.5 Å². The Morgan fingerprint density at radius 1 is 1.48 bits per heavy atom. The first-order chi connectivity index (χ1) is 11.2. The van der Waals surface area contributed by atoms with E-state index in [1.165, 1.54) is 0 Å². The predicted octanol–water partition coefficient (Wildman–Crippen LogP) is 2.14. The Balaban J connectivity index is 2.17. The maximum absolute atomic E-state index is 11.0. The van der Waals surface area contributed by atoms with Crippen molar-refractivity contribution in [2.24, 2.45) is 4.99 Å². The minimum absolute atomic E-state index is 0.0763. The fraction of sp³-hybridized carbons (Fsp3) is 0.467. The van der Waals surface area contributed by atoms with Crippen molar-refractivity contribution < 1.29 is 16.8 Å². The normalized spacial score (nSPS) is 17.7. The van der Waals surface area contributed by atoms with Gasteiger partial charge in [-0.15, -0.1) is 0 Å². The molecule has 1 fully saturated rings.